The molecule has 0 saturated carbocycles. The zero-order valence-electron chi connectivity index (χ0n) is 14.5. The molecule has 1 aliphatic heterocycles. The summed E-state index contributed by atoms with van der Waals surface area (Å²) in [4.78, 5) is 16.4. The maximum atomic E-state index is 12.0. The Hall–Kier alpha value is -1.92. The second-order valence-electron chi connectivity index (χ2n) is 6.43. The Morgan fingerprint density at radius 1 is 1.28 bits per heavy atom. The van der Waals surface area contributed by atoms with Crippen molar-refractivity contribution in [3.63, 3.8) is 0 Å². The maximum absolute atomic E-state index is 12.0. The summed E-state index contributed by atoms with van der Waals surface area (Å²) in [6.07, 6.45) is 4.40. The molecule has 1 aromatic carbocycles. The third kappa shape index (κ3) is 6.14. The van der Waals surface area contributed by atoms with Crippen LogP contribution in [-0.2, 0) is 17.6 Å². The number of benzene rings is 1. The number of carbonyl (C=O) groups is 1. The molecule has 136 valence electrons. The summed E-state index contributed by atoms with van der Waals surface area (Å²) in [5, 5.41) is 10.1. The van der Waals surface area contributed by atoms with Crippen molar-refractivity contribution >= 4 is 24.0 Å². The summed E-state index contributed by atoms with van der Waals surface area (Å²) < 4.78 is 5.27. The van der Waals surface area contributed by atoms with Crippen LogP contribution in [0, 0.1) is 12.8 Å². The molecule has 0 spiro atoms. The molecule has 2 N–H and O–H groups in total. The van der Waals surface area contributed by atoms with E-state index in [2.05, 4.69) is 20.8 Å². The van der Waals surface area contributed by atoms with Gasteiger partial charge in [0.05, 0.1) is 6.42 Å². The van der Waals surface area contributed by atoms with E-state index in [-0.39, 0.29) is 24.7 Å². The number of anilines is 1. The molecule has 0 atom stereocenters. The van der Waals surface area contributed by atoms with Crippen LogP contribution in [0.25, 0.3) is 0 Å². The van der Waals surface area contributed by atoms with E-state index in [4.69, 9.17) is 4.52 Å². The van der Waals surface area contributed by atoms with Crippen molar-refractivity contribution in [3.8, 4) is 0 Å². The molecule has 0 radical (unpaired) electrons. The molecule has 0 aliphatic carbocycles. The van der Waals surface area contributed by atoms with Gasteiger partial charge in [-0.15, -0.1) is 12.4 Å². The van der Waals surface area contributed by atoms with Crippen LogP contribution in [0.2, 0.25) is 0 Å². The van der Waals surface area contributed by atoms with Gasteiger partial charge in [0.25, 0.3) is 0 Å². The molecule has 0 bridgehead atoms. The number of rotatable bonds is 6. The van der Waals surface area contributed by atoms with Crippen LogP contribution < -0.4 is 10.6 Å². The van der Waals surface area contributed by atoms with Crippen molar-refractivity contribution in [1.29, 1.82) is 0 Å². The summed E-state index contributed by atoms with van der Waals surface area (Å²) >= 11 is 0. The van der Waals surface area contributed by atoms with Gasteiger partial charge in [0.2, 0.25) is 11.8 Å². The Balaban J connectivity index is 0.00000225. The van der Waals surface area contributed by atoms with Gasteiger partial charge >= 0.3 is 0 Å². The highest BCUT2D eigenvalue weighted by atomic mass is 35.5. The van der Waals surface area contributed by atoms with Crippen LogP contribution in [0.3, 0.4) is 0 Å². The lowest BCUT2D eigenvalue weighted by Crippen LogP contribution is -2.27. The van der Waals surface area contributed by atoms with Crippen molar-refractivity contribution in [2.24, 2.45) is 5.92 Å². The number of aromatic nitrogens is 2. The van der Waals surface area contributed by atoms with Gasteiger partial charge < -0.3 is 15.2 Å². The molecule has 2 heterocycles. The highest BCUT2D eigenvalue weighted by Gasteiger charge is 2.16. The van der Waals surface area contributed by atoms with Gasteiger partial charge in [-0.25, -0.2) is 0 Å². The van der Waals surface area contributed by atoms with Gasteiger partial charge in [-0.05, 0) is 57.3 Å². The minimum absolute atomic E-state index is 0. The molecule has 7 heteroatoms. The van der Waals surface area contributed by atoms with Crippen LogP contribution >= 0.6 is 12.4 Å². The molecule has 1 saturated heterocycles. The Morgan fingerprint density at radius 3 is 2.72 bits per heavy atom. The number of hydrogen-bond acceptors (Lipinski definition) is 5. The minimum Gasteiger partial charge on any atom is -0.339 e. The molecule has 0 unspecified atom stereocenters. The van der Waals surface area contributed by atoms with Gasteiger partial charge in [0, 0.05) is 12.1 Å². The van der Waals surface area contributed by atoms with Crippen molar-refractivity contribution in [2.45, 2.75) is 39.0 Å². The van der Waals surface area contributed by atoms with Crippen LogP contribution in [0.1, 0.15) is 36.5 Å². The maximum Gasteiger partial charge on any atom is 0.232 e. The fraction of sp³-hybridized carbons (Fsp3) is 0.500. The van der Waals surface area contributed by atoms with E-state index in [0.29, 0.717) is 11.7 Å². The van der Waals surface area contributed by atoms with Gasteiger partial charge in [-0.3, -0.25) is 4.79 Å². The Bertz CT molecular complexity index is 666. The van der Waals surface area contributed by atoms with Gasteiger partial charge in [-0.1, -0.05) is 22.9 Å². The highest BCUT2D eigenvalue weighted by molar-refractivity contribution is 5.91. The van der Waals surface area contributed by atoms with E-state index in [1.54, 1.807) is 0 Å². The third-order valence-electron chi connectivity index (χ3n) is 4.39. The predicted octanol–water partition coefficient (Wildman–Crippen LogP) is 2.91. The van der Waals surface area contributed by atoms with Gasteiger partial charge in [0.1, 0.15) is 0 Å². The molecule has 2 aromatic rings. The lowest BCUT2D eigenvalue weighted by molar-refractivity contribution is -0.115. The molecule has 1 aliphatic rings. The number of aryl methyl sites for hydroxylation is 2. The van der Waals surface area contributed by atoms with E-state index in [1.807, 2.05) is 31.2 Å². The molecule has 3 rings (SSSR count). The van der Waals surface area contributed by atoms with E-state index in [9.17, 15) is 4.79 Å². The largest absolute Gasteiger partial charge is 0.339 e. The van der Waals surface area contributed by atoms with Gasteiger partial charge in [-0.2, -0.15) is 4.98 Å². The summed E-state index contributed by atoms with van der Waals surface area (Å²) in [5.41, 5.74) is 1.93. The molecular formula is C18H25ClN4O2. The Morgan fingerprint density at radius 2 is 2.00 bits per heavy atom. The molecule has 1 aromatic heterocycles. The number of nitrogens with zero attached hydrogens (tertiary/aromatic N) is 2. The number of amides is 1. The van der Waals surface area contributed by atoms with Crippen LogP contribution in [0.15, 0.2) is 28.8 Å². The average molecular weight is 365 g/mol. The zero-order chi connectivity index (χ0) is 16.8. The normalized spacial score (nSPS) is 14.8. The van der Waals surface area contributed by atoms with Crippen molar-refractivity contribution in [2.75, 3.05) is 18.4 Å². The zero-order valence-corrected chi connectivity index (χ0v) is 15.3. The quantitative estimate of drug-likeness (QED) is 0.823. The second kappa shape index (κ2) is 9.53. The SMILES string of the molecule is Cc1ccc(NC(=O)Cc2noc(CCC3CCNCC3)n2)cc1.Cl. The van der Waals surface area contributed by atoms with E-state index in [1.165, 1.54) is 12.8 Å². The van der Waals surface area contributed by atoms with Crippen LogP contribution in [0.4, 0.5) is 5.69 Å². The fourth-order valence-corrected chi connectivity index (χ4v) is 2.95. The predicted molar refractivity (Wildman–Crippen MR) is 99.0 cm³/mol. The van der Waals surface area contributed by atoms with E-state index < -0.39 is 0 Å². The smallest absolute Gasteiger partial charge is 0.232 e. The summed E-state index contributed by atoms with van der Waals surface area (Å²) in [5.74, 6) is 1.67. The molecular weight excluding hydrogens is 340 g/mol. The highest BCUT2D eigenvalue weighted by Crippen LogP contribution is 2.18. The topological polar surface area (TPSA) is 80.0 Å². The molecule has 25 heavy (non-hydrogen) atoms. The average Bonchev–Trinajstić information content (AvgIpc) is 3.03. The van der Waals surface area contributed by atoms with Crippen molar-refractivity contribution < 1.29 is 9.32 Å². The molecule has 1 amide bonds. The minimum atomic E-state index is -0.135. The Labute approximate surface area is 154 Å². The lowest BCUT2D eigenvalue weighted by atomic mass is 9.93. The lowest BCUT2D eigenvalue weighted by Gasteiger charge is -2.21. The van der Waals surface area contributed by atoms with Gasteiger partial charge in [0.15, 0.2) is 5.82 Å². The number of piperidine rings is 1. The fourth-order valence-electron chi connectivity index (χ4n) is 2.95. The van der Waals surface area contributed by atoms with E-state index in [0.717, 1.165) is 43.1 Å². The first-order valence-electron chi connectivity index (χ1n) is 8.58. The number of hydrogen-bond donors (Lipinski definition) is 2. The summed E-state index contributed by atoms with van der Waals surface area (Å²) in [7, 11) is 0. The standard InChI is InChI=1S/C18H24N4O2.ClH/c1-13-2-5-15(6-3-13)20-17(23)12-16-21-18(24-22-16)7-4-14-8-10-19-11-9-14;/h2-3,5-6,14,19H,4,7-12H2,1H3,(H,20,23);1H. The first-order valence-corrected chi connectivity index (χ1v) is 8.58. The third-order valence-corrected chi connectivity index (χ3v) is 4.39. The summed E-state index contributed by atoms with van der Waals surface area (Å²) in [6.45, 7) is 4.20. The van der Waals surface area contributed by atoms with E-state index >= 15 is 0 Å². The number of halogens is 1. The van der Waals surface area contributed by atoms with Crippen molar-refractivity contribution in [1.82, 2.24) is 15.5 Å². The monoisotopic (exact) mass is 364 g/mol. The molecule has 6 nitrogen and oxygen atoms in total. The van der Waals surface area contributed by atoms with Crippen LogP contribution in [0.5, 0.6) is 0 Å². The second-order valence-corrected chi connectivity index (χ2v) is 6.43. The van der Waals surface area contributed by atoms with Crippen molar-refractivity contribution in [3.05, 3.63) is 41.5 Å². The van der Waals surface area contributed by atoms with Crippen LogP contribution in [-0.4, -0.2) is 29.1 Å². The number of carbonyl (C=O) groups excluding carboxylic acids is 1. The number of nitrogens with one attached hydrogen (secondary N) is 2. The Kier molecular flexibility index (Phi) is 7.40. The summed E-state index contributed by atoms with van der Waals surface area (Å²) in [6, 6.07) is 7.69. The first kappa shape index (κ1) is 19.4. The molecule has 1 fully saturated rings. The first-order chi connectivity index (χ1) is 11.7.